The smallest absolute Gasteiger partial charge is 0.251 e. The van der Waals surface area contributed by atoms with Gasteiger partial charge in [0.15, 0.2) is 5.13 Å². The number of hydrogen-bond donors (Lipinski definition) is 2. The van der Waals surface area contributed by atoms with Crippen LogP contribution in [0.25, 0.3) is 10.2 Å². The molecule has 4 nitrogen and oxygen atoms in total. The fourth-order valence-electron chi connectivity index (χ4n) is 2.87. The molecule has 1 aliphatic rings. The molecule has 20 heavy (non-hydrogen) atoms. The number of nitrogens with one attached hydrogen (secondary N) is 1. The van der Waals surface area contributed by atoms with Crippen LogP contribution in [0.4, 0.5) is 5.13 Å². The van der Waals surface area contributed by atoms with Gasteiger partial charge in [-0.1, -0.05) is 31.1 Å². The zero-order valence-corrected chi connectivity index (χ0v) is 12.4. The SMILES string of the molecule is CC1CCCCC1NC(=O)c1ccc2nc(N)sc2c1. The Kier molecular flexibility index (Phi) is 3.61. The van der Waals surface area contributed by atoms with E-state index in [1.165, 1.54) is 30.6 Å². The normalized spacial score (nSPS) is 22.9. The molecule has 1 aromatic heterocycles. The molecule has 5 heteroatoms. The van der Waals surface area contributed by atoms with Gasteiger partial charge in [0.25, 0.3) is 5.91 Å². The van der Waals surface area contributed by atoms with Crippen LogP contribution < -0.4 is 11.1 Å². The first-order valence-corrected chi connectivity index (χ1v) is 7.92. The lowest BCUT2D eigenvalue weighted by molar-refractivity contribution is 0.0910. The molecule has 1 heterocycles. The number of hydrogen-bond acceptors (Lipinski definition) is 4. The monoisotopic (exact) mass is 289 g/mol. The number of carbonyl (C=O) groups excluding carboxylic acids is 1. The first kappa shape index (κ1) is 13.4. The molecule has 0 aliphatic heterocycles. The highest BCUT2D eigenvalue weighted by Gasteiger charge is 2.23. The Bertz CT molecular complexity index is 637. The van der Waals surface area contributed by atoms with Crippen molar-refractivity contribution in [3.05, 3.63) is 23.8 Å². The number of rotatable bonds is 2. The number of nitrogen functional groups attached to an aromatic ring is 1. The average molecular weight is 289 g/mol. The Hall–Kier alpha value is -1.62. The zero-order chi connectivity index (χ0) is 14.1. The minimum atomic E-state index is 0.0117. The molecule has 0 radical (unpaired) electrons. The van der Waals surface area contributed by atoms with Crippen LogP contribution in [0, 0.1) is 5.92 Å². The van der Waals surface area contributed by atoms with Crippen molar-refractivity contribution < 1.29 is 4.79 Å². The quantitative estimate of drug-likeness (QED) is 0.892. The lowest BCUT2D eigenvalue weighted by atomic mass is 9.86. The summed E-state index contributed by atoms with van der Waals surface area (Å²) in [6.45, 7) is 2.22. The number of aromatic nitrogens is 1. The number of nitrogens with two attached hydrogens (primary N) is 1. The van der Waals surface area contributed by atoms with Gasteiger partial charge in [-0.2, -0.15) is 0 Å². The molecule has 2 atom stereocenters. The first-order chi connectivity index (χ1) is 9.63. The van der Waals surface area contributed by atoms with Gasteiger partial charge in [-0.25, -0.2) is 4.98 Å². The Morgan fingerprint density at radius 1 is 1.40 bits per heavy atom. The second-order valence-corrected chi connectivity index (χ2v) is 6.64. The summed E-state index contributed by atoms with van der Waals surface area (Å²) in [7, 11) is 0. The summed E-state index contributed by atoms with van der Waals surface area (Å²) in [5.74, 6) is 0.577. The van der Waals surface area contributed by atoms with Crippen LogP contribution in [-0.2, 0) is 0 Å². The highest BCUT2D eigenvalue weighted by Crippen LogP contribution is 2.26. The van der Waals surface area contributed by atoms with Crippen LogP contribution in [0.2, 0.25) is 0 Å². The second-order valence-electron chi connectivity index (χ2n) is 5.58. The van der Waals surface area contributed by atoms with Crippen molar-refractivity contribution in [3.8, 4) is 0 Å². The number of anilines is 1. The molecular weight excluding hydrogens is 270 g/mol. The third kappa shape index (κ3) is 2.63. The third-order valence-corrected chi connectivity index (χ3v) is 4.94. The van der Waals surface area contributed by atoms with Crippen LogP contribution >= 0.6 is 11.3 Å². The van der Waals surface area contributed by atoms with Crippen molar-refractivity contribution in [2.45, 2.75) is 38.6 Å². The van der Waals surface area contributed by atoms with Crippen molar-refractivity contribution in [2.75, 3.05) is 5.73 Å². The summed E-state index contributed by atoms with van der Waals surface area (Å²) in [4.78, 5) is 16.6. The van der Waals surface area contributed by atoms with Gasteiger partial charge in [-0.05, 0) is 37.0 Å². The average Bonchev–Trinajstić information content (AvgIpc) is 2.80. The molecule has 2 unspecified atom stereocenters. The van der Waals surface area contributed by atoms with Gasteiger partial charge in [0.05, 0.1) is 10.2 Å². The Balaban J connectivity index is 1.77. The van der Waals surface area contributed by atoms with E-state index < -0.39 is 0 Å². The van der Waals surface area contributed by atoms with Crippen molar-refractivity contribution in [3.63, 3.8) is 0 Å². The van der Waals surface area contributed by atoms with Crippen molar-refractivity contribution in [2.24, 2.45) is 5.92 Å². The van der Waals surface area contributed by atoms with Gasteiger partial charge >= 0.3 is 0 Å². The number of thiazole rings is 1. The van der Waals surface area contributed by atoms with Gasteiger partial charge in [0.2, 0.25) is 0 Å². The van der Waals surface area contributed by atoms with Crippen LogP contribution in [-0.4, -0.2) is 16.9 Å². The molecule has 0 spiro atoms. The maximum absolute atomic E-state index is 12.4. The van der Waals surface area contributed by atoms with Crippen LogP contribution in [0.5, 0.6) is 0 Å². The molecule has 0 saturated heterocycles. The molecule has 106 valence electrons. The van der Waals surface area contributed by atoms with Crippen molar-refractivity contribution in [1.29, 1.82) is 0 Å². The highest BCUT2D eigenvalue weighted by atomic mass is 32.1. The van der Waals surface area contributed by atoms with E-state index in [0.29, 0.717) is 22.7 Å². The maximum atomic E-state index is 12.4. The topological polar surface area (TPSA) is 68.0 Å². The first-order valence-electron chi connectivity index (χ1n) is 7.10. The molecular formula is C15H19N3OS. The number of fused-ring (bicyclic) bond motifs is 1. The standard InChI is InChI=1S/C15H19N3OS/c1-9-4-2-3-5-11(9)17-14(19)10-6-7-12-13(8-10)20-15(16)18-12/h6-9,11H,2-5H2,1H3,(H2,16,18)(H,17,19). The Morgan fingerprint density at radius 2 is 2.20 bits per heavy atom. The van der Waals surface area contributed by atoms with E-state index in [1.807, 2.05) is 18.2 Å². The van der Waals surface area contributed by atoms with E-state index in [1.54, 1.807) is 0 Å². The predicted octanol–water partition coefficient (Wildman–Crippen LogP) is 3.19. The highest BCUT2D eigenvalue weighted by molar-refractivity contribution is 7.22. The summed E-state index contributed by atoms with van der Waals surface area (Å²) in [5.41, 5.74) is 7.24. The molecule has 1 fully saturated rings. The largest absolute Gasteiger partial charge is 0.375 e. The minimum Gasteiger partial charge on any atom is -0.375 e. The van der Waals surface area contributed by atoms with Gasteiger partial charge in [-0.15, -0.1) is 0 Å². The molecule has 0 bridgehead atoms. The molecule has 3 N–H and O–H groups in total. The van der Waals surface area contributed by atoms with E-state index in [2.05, 4.69) is 17.2 Å². The van der Waals surface area contributed by atoms with Gasteiger partial charge < -0.3 is 11.1 Å². The molecule has 1 aromatic carbocycles. The lowest BCUT2D eigenvalue weighted by Crippen LogP contribution is -2.41. The Morgan fingerprint density at radius 3 is 3.00 bits per heavy atom. The number of carbonyl (C=O) groups is 1. The molecule has 1 saturated carbocycles. The predicted molar refractivity (Wildman–Crippen MR) is 82.9 cm³/mol. The summed E-state index contributed by atoms with van der Waals surface area (Å²) in [6.07, 6.45) is 4.78. The number of benzene rings is 1. The number of amides is 1. The van der Waals surface area contributed by atoms with Gasteiger partial charge in [-0.3, -0.25) is 4.79 Å². The second kappa shape index (κ2) is 5.40. The summed E-state index contributed by atoms with van der Waals surface area (Å²) >= 11 is 1.42. The molecule has 2 aromatic rings. The van der Waals surface area contributed by atoms with E-state index in [-0.39, 0.29) is 5.91 Å². The van der Waals surface area contributed by atoms with Gasteiger partial charge in [0, 0.05) is 11.6 Å². The Labute approximate surface area is 122 Å². The summed E-state index contributed by atoms with van der Waals surface area (Å²) < 4.78 is 0.965. The fourth-order valence-corrected chi connectivity index (χ4v) is 3.64. The van der Waals surface area contributed by atoms with Crippen molar-refractivity contribution >= 4 is 32.6 Å². The maximum Gasteiger partial charge on any atom is 0.251 e. The van der Waals surface area contributed by atoms with Crippen LogP contribution in [0.1, 0.15) is 43.0 Å². The third-order valence-electron chi connectivity index (χ3n) is 4.10. The van der Waals surface area contributed by atoms with E-state index in [4.69, 9.17) is 5.73 Å². The fraction of sp³-hybridized carbons (Fsp3) is 0.467. The molecule has 1 aliphatic carbocycles. The summed E-state index contributed by atoms with van der Waals surface area (Å²) in [6, 6.07) is 5.87. The number of nitrogens with zero attached hydrogens (tertiary/aromatic N) is 1. The van der Waals surface area contributed by atoms with E-state index in [0.717, 1.165) is 16.6 Å². The van der Waals surface area contributed by atoms with Crippen LogP contribution in [0.3, 0.4) is 0 Å². The molecule has 3 rings (SSSR count). The van der Waals surface area contributed by atoms with Crippen molar-refractivity contribution in [1.82, 2.24) is 10.3 Å². The van der Waals surface area contributed by atoms with E-state index >= 15 is 0 Å². The molecule has 1 amide bonds. The lowest BCUT2D eigenvalue weighted by Gasteiger charge is -2.29. The summed E-state index contributed by atoms with van der Waals surface area (Å²) in [5, 5.41) is 3.71. The van der Waals surface area contributed by atoms with E-state index in [9.17, 15) is 4.79 Å². The zero-order valence-electron chi connectivity index (χ0n) is 11.6. The van der Waals surface area contributed by atoms with Gasteiger partial charge in [0.1, 0.15) is 0 Å². The van der Waals surface area contributed by atoms with Crippen LogP contribution in [0.15, 0.2) is 18.2 Å². The minimum absolute atomic E-state index is 0.0117.